The summed E-state index contributed by atoms with van der Waals surface area (Å²) in [5.41, 5.74) is 7.32. The van der Waals surface area contributed by atoms with Crippen LogP contribution in [0.1, 0.15) is 24.1 Å². The lowest BCUT2D eigenvalue weighted by Gasteiger charge is -2.14. The Labute approximate surface area is 124 Å². The molecule has 0 radical (unpaired) electrons. The van der Waals surface area contributed by atoms with E-state index in [9.17, 15) is 4.79 Å². The quantitative estimate of drug-likeness (QED) is 0.813. The van der Waals surface area contributed by atoms with E-state index in [0.29, 0.717) is 5.75 Å². The van der Waals surface area contributed by atoms with Crippen LogP contribution in [-0.4, -0.2) is 17.5 Å². The molecular weight excluding hydrogens is 266 g/mol. The van der Waals surface area contributed by atoms with Gasteiger partial charge in [-0.3, -0.25) is 9.78 Å². The summed E-state index contributed by atoms with van der Waals surface area (Å²) in [4.78, 5) is 14.7. The van der Waals surface area contributed by atoms with Gasteiger partial charge in [0.2, 0.25) is 0 Å². The van der Waals surface area contributed by atoms with E-state index < -0.39 is 5.91 Å². The number of nitrogens with two attached hydrogens (primary N) is 1. The molecule has 0 unspecified atom stereocenters. The van der Waals surface area contributed by atoms with Crippen molar-refractivity contribution in [3.8, 4) is 5.75 Å². The maximum Gasteiger partial charge on any atom is 0.255 e. The zero-order chi connectivity index (χ0) is 15.1. The van der Waals surface area contributed by atoms with Crippen molar-refractivity contribution in [2.75, 3.05) is 6.61 Å². The fourth-order valence-corrected chi connectivity index (χ4v) is 1.88. The number of nitrogens with one attached hydrogen (secondary N) is 1. The Bertz CT molecular complexity index is 570. The van der Waals surface area contributed by atoms with Crippen molar-refractivity contribution in [2.45, 2.75) is 19.5 Å². The largest absolute Gasteiger partial charge is 0.484 e. The van der Waals surface area contributed by atoms with Gasteiger partial charge in [-0.1, -0.05) is 18.2 Å². The van der Waals surface area contributed by atoms with E-state index in [1.165, 1.54) is 0 Å². The third-order valence-electron chi connectivity index (χ3n) is 3.10. The molecule has 110 valence electrons. The summed E-state index contributed by atoms with van der Waals surface area (Å²) in [7, 11) is 0. The van der Waals surface area contributed by atoms with Crippen LogP contribution in [0.25, 0.3) is 0 Å². The number of aromatic nitrogens is 1. The number of hydrogen-bond acceptors (Lipinski definition) is 4. The van der Waals surface area contributed by atoms with E-state index in [2.05, 4.69) is 17.2 Å². The summed E-state index contributed by atoms with van der Waals surface area (Å²) >= 11 is 0. The van der Waals surface area contributed by atoms with Gasteiger partial charge < -0.3 is 15.8 Å². The van der Waals surface area contributed by atoms with E-state index in [0.717, 1.165) is 17.7 Å². The monoisotopic (exact) mass is 285 g/mol. The van der Waals surface area contributed by atoms with Crippen LogP contribution in [0.2, 0.25) is 0 Å². The molecule has 5 nitrogen and oxygen atoms in total. The first-order chi connectivity index (χ1) is 10.1. The topological polar surface area (TPSA) is 77.2 Å². The highest BCUT2D eigenvalue weighted by Gasteiger charge is 2.04. The Balaban J connectivity index is 1.85. The minimum absolute atomic E-state index is 0.102. The predicted molar refractivity (Wildman–Crippen MR) is 80.6 cm³/mol. The highest BCUT2D eigenvalue weighted by molar-refractivity contribution is 5.75. The van der Waals surface area contributed by atoms with Crippen LogP contribution in [0.15, 0.2) is 48.8 Å². The van der Waals surface area contributed by atoms with Crippen LogP contribution in [0, 0.1) is 0 Å². The Morgan fingerprint density at radius 1 is 1.33 bits per heavy atom. The van der Waals surface area contributed by atoms with Crippen molar-refractivity contribution in [2.24, 2.45) is 5.73 Å². The standard InChI is InChI=1S/C16H19N3O2/c1-12(14-3-2-8-18-10-14)19-9-13-4-6-15(7-5-13)21-11-16(17)20/h2-8,10,12,19H,9,11H2,1H3,(H2,17,20)/t12-/m1/s1. The van der Waals surface area contributed by atoms with Crippen molar-refractivity contribution in [1.29, 1.82) is 0 Å². The second-order valence-corrected chi connectivity index (χ2v) is 4.79. The second-order valence-electron chi connectivity index (χ2n) is 4.79. The lowest BCUT2D eigenvalue weighted by Crippen LogP contribution is -2.20. The molecule has 1 amide bonds. The minimum Gasteiger partial charge on any atom is -0.484 e. The van der Waals surface area contributed by atoms with Crippen LogP contribution in [-0.2, 0) is 11.3 Å². The lowest BCUT2D eigenvalue weighted by molar-refractivity contribution is -0.119. The predicted octanol–water partition coefficient (Wildman–Crippen LogP) is 1.80. The normalized spacial score (nSPS) is 11.9. The van der Waals surface area contributed by atoms with Gasteiger partial charge in [-0.2, -0.15) is 0 Å². The van der Waals surface area contributed by atoms with Gasteiger partial charge >= 0.3 is 0 Å². The SMILES string of the molecule is C[C@@H](NCc1ccc(OCC(N)=O)cc1)c1cccnc1. The van der Waals surface area contributed by atoms with Gasteiger partial charge in [0.05, 0.1) is 0 Å². The van der Waals surface area contributed by atoms with Crippen LogP contribution in [0.3, 0.4) is 0 Å². The number of pyridine rings is 1. The van der Waals surface area contributed by atoms with Crippen molar-refractivity contribution in [3.05, 3.63) is 59.9 Å². The summed E-state index contributed by atoms with van der Waals surface area (Å²) in [6.07, 6.45) is 3.62. The molecule has 0 saturated carbocycles. The first-order valence-electron chi connectivity index (χ1n) is 6.78. The molecule has 1 aromatic carbocycles. The fraction of sp³-hybridized carbons (Fsp3) is 0.250. The van der Waals surface area contributed by atoms with Gasteiger partial charge in [0.25, 0.3) is 5.91 Å². The highest BCUT2D eigenvalue weighted by Crippen LogP contribution is 2.14. The van der Waals surface area contributed by atoms with Crippen LogP contribution >= 0.6 is 0 Å². The minimum atomic E-state index is -0.481. The number of benzene rings is 1. The lowest BCUT2D eigenvalue weighted by atomic mass is 10.1. The Kier molecular flexibility index (Phi) is 5.29. The van der Waals surface area contributed by atoms with Crippen molar-refractivity contribution < 1.29 is 9.53 Å². The van der Waals surface area contributed by atoms with E-state index in [4.69, 9.17) is 10.5 Å². The first kappa shape index (κ1) is 15.0. The van der Waals surface area contributed by atoms with Crippen molar-refractivity contribution in [3.63, 3.8) is 0 Å². The van der Waals surface area contributed by atoms with Gasteiger partial charge in [-0.25, -0.2) is 0 Å². The van der Waals surface area contributed by atoms with Crippen LogP contribution < -0.4 is 15.8 Å². The molecule has 0 aliphatic carbocycles. The maximum absolute atomic E-state index is 10.6. The number of nitrogens with zero attached hydrogens (tertiary/aromatic N) is 1. The molecule has 0 aliphatic heterocycles. The summed E-state index contributed by atoms with van der Waals surface area (Å²) < 4.78 is 5.21. The third kappa shape index (κ3) is 4.89. The van der Waals surface area contributed by atoms with Crippen LogP contribution in [0.4, 0.5) is 0 Å². The number of rotatable bonds is 7. The Hall–Kier alpha value is -2.40. The summed E-state index contributed by atoms with van der Waals surface area (Å²) in [6, 6.07) is 11.8. The number of hydrogen-bond donors (Lipinski definition) is 2. The molecule has 1 aromatic heterocycles. The smallest absolute Gasteiger partial charge is 0.255 e. The maximum atomic E-state index is 10.6. The summed E-state index contributed by atoms with van der Waals surface area (Å²) in [5.74, 6) is 0.156. The Morgan fingerprint density at radius 2 is 2.10 bits per heavy atom. The van der Waals surface area contributed by atoms with Gasteiger partial charge in [0.15, 0.2) is 6.61 Å². The highest BCUT2D eigenvalue weighted by atomic mass is 16.5. The molecule has 0 saturated heterocycles. The van der Waals surface area contributed by atoms with E-state index in [-0.39, 0.29) is 12.6 Å². The molecule has 2 aromatic rings. The van der Waals surface area contributed by atoms with Crippen molar-refractivity contribution in [1.82, 2.24) is 10.3 Å². The molecule has 0 aliphatic rings. The molecule has 1 atom stereocenters. The number of carbonyl (C=O) groups is 1. The molecule has 3 N–H and O–H groups in total. The Morgan fingerprint density at radius 3 is 2.71 bits per heavy atom. The fourth-order valence-electron chi connectivity index (χ4n) is 1.88. The number of carbonyl (C=O) groups excluding carboxylic acids is 1. The van der Waals surface area contributed by atoms with E-state index >= 15 is 0 Å². The third-order valence-corrected chi connectivity index (χ3v) is 3.10. The molecule has 1 heterocycles. The molecule has 0 fully saturated rings. The van der Waals surface area contributed by atoms with Gasteiger partial charge in [0.1, 0.15) is 5.75 Å². The molecule has 0 spiro atoms. The average molecular weight is 285 g/mol. The second kappa shape index (κ2) is 7.40. The van der Waals surface area contributed by atoms with Gasteiger partial charge in [0, 0.05) is 25.0 Å². The van der Waals surface area contributed by atoms with Crippen molar-refractivity contribution >= 4 is 5.91 Å². The number of ether oxygens (including phenoxy) is 1. The summed E-state index contributed by atoms with van der Waals surface area (Å²) in [5, 5.41) is 3.43. The number of primary amides is 1. The summed E-state index contributed by atoms with van der Waals surface area (Å²) in [6.45, 7) is 2.74. The molecule has 0 bridgehead atoms. The average Bonchev–Trinajstić information content (AvgIpc) is 2.52. The van der Waals surface area contributed by atoms with Gasteiger partial charge in [-0.05, 0) is 36.2 Å². The molecular formula is C16H19N3O2. The zero-order valence-electron chi connectivity index (χ0n) is 12.0. The zero-order valence-corrected chi connectivity index (χ0v) is 12.0. The number of amides is 1. The van der Waals surface area contributed by atoms with Gasteiger partial charge in [-0.15, -0.1) is 0 Å². The molecule has 5 heteroatoms. The van der Waals surface area contributed by atoms with E-state index in [1.54, 1.807) is 6.20 Å². The molecule has 21 heavy (non-hydrogen) atoms. The van der Waals surface area contributed by atoms with Crippen LogP contribution in [0.5, 0.6) is 5.75 Å². The molecule has 2 rings (SSSR count). The first-order valence-corrected chi connectivity index (χ1v) is 6.78. The van der Waals surface area contributed by atoms with E-state index in [1.807, 2.05) is 42.6 Å².